The van der Waals surface area contributed by atoms with Crippen molar-refractivity contribution in [3.05, 3.63) is 83.7 Å². The highest BCUT2D eigenvalue weighted by Crippen LogP contribution is 2.32. The van der Waals surface area contributed by atoms with E-state index in [1.807, 2.05) is 38.1 Å². The average molecular weight is 466 g/mol. The number of nitrogens with zero attached hydrogens (tertiary/aromatic N) is 3. The number of pyridine rings is 1. The second-order valence-electron chi connectivity index (χ2n) is 7.58. The van der Waals surface area contributed by atoms with Crippen molar-refractivity contribution in [2.24, 2.45) is 0 Å². The minimum atomic E-state index is -3.56. The first-order valence-electron chi connectivity index (χ1n) is 10.2. The Morgan fingerprint density at radius 1 is 1.00 bits per heavy atom. The van der Waals surface area contributed by atoms with E-state index in [1.165, 1.54) is 16.2 Å². The summed E-state index contributed by atoms with van der Waals surface area (Å²) in [5.74, 6) is -0.569. The minimum absolute atomic E-state index is 0.141. The van der Waals surface area contributed by atoms with Gasteiger partial charge in [-0.1, -0.05) is 35.6 Å². The van der Waals surface area contributed by atoms with Gasteiger partial charge >= 0.3 is 0 Å². The lowest BCUT2D eigenvalue weighted by molar-refractivity contribution is -0.118. The van der Waals surface area contributed by atoms with Crippen molar-refractivity contribution in [3.63, 3.8) is 0 Å². The molecule has 0 fully saturated rings. The molecule has 0 atom stereocenters. The highest BCUT2D eigenvalue weighted by atomic mass is 32.2. The molecule has 4 rings (SSSR count). The average Bonchev–Trinajstić information content (AvgIpc) is 3.19. The Morgan fingerprint density at radius 2 is 1.72 bits per heavy atom. The molecule has 0 aliphatic heterocycles. The molecule has 0 spiro atoms. The normalized spacial score (nSPS) is 11.6. The van der Waals surface area contributed by atoms with Crippen LogP contribution in [0.15, 0.2) is 71.8 Å². The van der Waals surface area contributed by atoms with Gasteiger partial charge in [-0.3, -0.25) is 14.7 Å². The van der Waals surface area contributed by atoms with Crippen molar-refractivity contribution in [2.45, 2.75) is 31.7 Å². The largest absolute Gasteiger partial charge is 0.282 e. The Balaban J connectivity index is 1.63. The molecule has 2 aromatic carbocycles. The minimum Gasteiger partial charge on any atom is -0.282 e. The molecule has 0 N–H and O–H groups in total. The van der Waals surface area contributed by atoms with Crippen molar-refractivity contribution < 1.29 is 13.2 Å². The summed E-state index contributed by atoms with van der Waals surface area (Å²) < 4.78 is 26.3. The first kappa shape index (κ1) is 22.1. The molecule has 1 amide bonds. The predicted octanol–water partition coefficient (Wildman–Crippen LogP) is 4.71. The van der Waals surface area contributed by atoms with E-state index >= 15 is 0 Å². The topological polar surface area (TPSA) is 80.2 Å². The van der Waals surface area contributed by atoms with Crippen molar-refractivity contribution in [1.29, 1.82) is 0 Å². The molecular weight excluding hydrogens is 442 g/mol. The standard InChI is InChI=1S/C24H23N3O3S2/c1-17-14-21-22(15-18(17)2)31-24(26-21)27(16-19-8-6-7-12-25-19)23(28)11-13-32(29,30)20-9-4-3-5-10-20/h3-10,12,14-15H,11,13,16H2,1-2H3. The molecule has 0 unspecified atom stereocenters. The number of aromatic nitrogens is 2. The highest BCUT2D eigenvalue weighted by Gasteiger charge is 2.24. The summed E-state index contributed by atoms with van der Waals surface area (Å²) in [6, 6.07) is 17.8. The van der Waals surface area contributed by atoms with Gasteiger partial charge in [-0.05, 0) is 61.4 Å². The van der Waals surface area contributed by atoms with E-state index in [-0.39, 0.29) is 29.5 Å². The lowest BCUT2D eigenvalue weighted by Gasteiger charge is -2.19. The maximum Gasteiger partial charge on any atom is 0.230 e. The number of anilines is 1. The summed E-state index contributed by atoms with van der Waals surface area (Å²) in [7, 11) is -3.56. The molecule has 6 nitrogen and oxygen atoms in total. The van der Waals surface area contributed by atoms with Gasteiger partial charge in [0.15, 0.2) is 15.0 Å². The van der Waals surface area contributed by atoms with E-state index in [2.05, 4.69) is 16.0 Å². The fraction of sp³-hybridized carbons (Fsp3) is 0.208. The number of thiazole rings is 1. The lowest BCUT2D eigenvalue weighted by Crippen LogP contribution is -2.32. The van der Waals surface area contributed by atoms with Crippen LogP contribution in [-0.2, 0) is 21.2 Å². The van der Waals surface area contributed by atoms with Crippen LogP contribution in [0.1, 0.15) is 23.2 Å². The Bertz CT molecular complexity index is 1310. The van der Waals surface area contributed by atoms with E-state index in [0.29, 0.717) is 10.8 Å². The van der Waals surface area contributed by atoms with Gasteiger partial charge in [0.1, 0.15) is 0 Å². The Kier molecular flexibility index (Phi) is 6.34. The van der Waals surface area contributed by atoms with Crippen LogP contribution >= 0.6 is 11.3 Å². The quantitative estimate of drug-likeness (QED) is 0.395. The molecule has 0 bridgehead atoms. The molecule has 2 aromatic heterocycles. The number of hydrogen-bond donors (Lipinski definition) is 0. The predicted molar refractivity (Wildman–Crippen MR) is 128 cm³/mol. The van der Waals surface area contributed by atoms with Crippen LogP contribution in [0.4, 0.5) is 5.13 Å². The Morgan fingerprint density at radius 3 is 2.44 bits per heavy atom. The highest BCUT2D eigenvalue weighted by molar-refractivity contribution is 7.91. The number of carbonyl (C=O) groups is 1. The summed E-state index contributed by atoms with van der Waals surface area (Å²) in [5, 5.41) is 0.540. The van der Waals surface area contributed by atoms with Gasteiger partial charge in [0.05, 0.1) is 33.1 Å². The molecule has 0 saturated carbocycles. The summed E-state index contributed by atoms with van der Waals surface area (Å²) in [5.41, 5.74) is 3.82. The van der Waals surface area contributed by atoms with Crippen LogP contribution in [0.2, 0.25) is 0 Å². The number of rotatable bonds is 7. The molecule has 0 radical (unpaired) electrons. The third-order valence-corrected chi connectivity index (χ3v) is 8.03. The molecule has 0 aliphatic carbocycles. The zero-order chi connectivity index (χ0) is 22.7. The zero-order valence-corrected chi connectivity index (χ0v) is 19.5. The molecule has 164 valence electrons. The smallest absolute Gasteiger partial charge is 0.230 e. The van der Waals surface area contributed by atoms with Crippen LogP contribution in [0, 0.1) is 13.8 Å². The van der Waals surface area contributed by atoms with Gasteiger partial charge in [-0.25, -0.2) is 13.4 Å². The number of benzene rings is 2. The van der Waals surface area contributed by atoms with E-state index in [0.717, 1.165) is 21.3 Å². The summed E-state index contributed by atoms with van der Waals surface area (Å²) in [6.07, 6.45) is 1.53. The van der Waals surface area contributed by atoms with Gasteiger partial charge in [0.2, 0.25) is 5.91 Å². The van der Waals surface area contributed by atoms with Crippen molar-refractivity contribution in [3.8, 4) is 0 Å². The number of sulfone groups is 1. The maximum atomic E-state index is 13.2. The lowest BCUT2D eigenvalue weighted by atomic mass is 10.1. The monoisotopic (exact) mass is 465 g/mol. The molecule has 4 aromatic rings. The Labute approximate surface area is 191 Å². The van der Waals surface area contributed by atoms with E-state index in [4.69, 9.17) is 0 Å². The Hall–Kier alpha value is -3.10. The first-order chi connectivity index (χ1) is 15.3. The SMILES string of the molecule is Cc1cc2nc(N(Cc3ccccn3)C(=O)CCS(=O)(=O)c3ccccc3)sc2cc1C. The fourth-order valence-electron chi connectivity index (χ4n) is 3.30. The van der Waals surface area contributed by atoms with Crippen molar-refractivity contribution in [1.82, 2.24) is 9.97 Å². The van der Waals surface area contributed by atoms with Gasteiger partial charge in [0.25, 0.3) is 0 Å². The van der Waals surface area contributed by atoms with Gasteiger partial charge in [0, 0.05) is 12.6 Å². The van der Waals surface area contributed by atoms with E-state index in [9.17, 15) is 13.2 Å². The number of amides is 1. The van der Waals surface area contributed by atoms with Crippen molar-refractivity contribution in [2.75, 3.05) is 10.7 Å². The number of hydrogen-bond acceptors (Lipinski definition) is 6. The van der Waals surface area contributed by atoms with Crippen LogP contribution in [0.25, 0.3) is 10.2 Å². The van der Waals surface area contributed by atoms with Gasteiger partial charge in [-0.2, -0.15) is 0 Å². The fourth-order valence-corrected chi connectivity index (χ4v) is 5.61. The summed E-state index contributed by atoms with van der Waals surface area (Å²) >= 11 is 1.42. The molecule has 8 heteroatoms. The van der Waals surface area contributed by atoms with Crippen LogP contribution in [0.3, 0.4) is 0 Å². The first-order valence-corrected chi connectivity index (χ1v) is 12.7. The van der Waals surface area contributed by atoms with Crippen molar-refractivity contribution >= 4 is 42.4 Å². The van der Waals surface area contributed by atoms with Crippen LogP contribution in [-0.4, -0.2) is 30.0 Å². The number of fused-ring (bicyclic) bond motifs is 1. The molecule has 32 heavy (non-hydrogen) atoms. The van der Waals surface area contributed by atoms with E-state index in [1.54, 1.807) is 36.5 Å². The summed E-state index contributed by atoms with van der Waals surface area (Å²) in [6.45, 7) is 4.29. The third-order valence-electron chi connectivity index (χ3n) is 5.26. The van der Waals surface area contributed by atoms with Crippen LogP contribution in [0.5, 0.6) is 0 Å². The summed E-state index contributed by atoms with van der Waals surface area (Å²) in [4.78, 5) is 24.0. The third kappa shape index (κ3) is 4.87. The van der Waals surface area contributed by atoms with Gasteiger partial charge < -0.3 is 0 Å². The molecule has 0 aliphatic rings. The maximum absolute atomic E-state index is 13.2. The number of carbonyl (C=O) groups excluding carboxylic acids is 1. The second-order valence-corrected chi connectivity index (χ2v) is 10.7. The van der Waals surface area contributed by atoms with E-state index < -0.39 is 9.84 Å². The zero-order valence-electron chi connectivity index (χ0n) is 17.9. The number of aryl methyl sites for hydroxylation is 2. The molecule has 2 heterocycles. The second kappa shape index (κ2) is 9.18. The molecular formula is C24H23N3O3S2. The molecule has 0 saturated heterocycles. The van der Waals surface area contributed by atoms with Gasteiger partial charge in [-0.15, -0.1) is 0 Å². The van der Waals surface area contributed by atoms with Crippen LogP contribution < -0.4 is 4.90 Å².